The third-order valence-electron chi connectivity index (χ3n) is 4.88. The van der Waals surface area contributed by atoms with E-state index in [9.17, 15) is 9.59 Å². The Balaban J connectivity index is 1.75. The molecule has 1 aliphatic rings. The number of carboxylic acid groups (broad SMARTS) is 1. The molecule has 0 spiro atoms. The summed E-state index contributed by atoms with van der Waals surface area (Å²) in [4.78, 5) is 34.5. The van der Waals surface area contributed by atoms with Crippen molar-refractivity contribution in [1.29, 1.82) is 0 Å². The van der Waals surface area contributed by atoms with Gasteiger partial charge in [0.05, 0.1) is 17.0 Å². The van der Waals surface area contributed by atoms with Crippen molar-refractivity contribution in [1.82, 2.24) is 14.9 Å². The van der Waals surface area contributed by atoms with Gasteiger partial charge in [0.25, 0.3) is 0 Å². The molecule has 6 heteroatoms. The molecule has 2 aromatic rings. The van der Waals surface area contributed by atoms with Gasteiger partial charge < -0.3 is 10.0 Å². The quantitative estimate of drug-likeness (QED) is 0.897. The number of benzene rings is 1. The normalized spacial score (nSPS) is 17.1. The summed E-state index contributed by atoms with van der Waals surface area (Å²) in [5.41, 5.74) is 2.39. The highest BCUT2D eigenvalue weighted by atomic mass is 16.4. The second-order valence-corrected chi connectivity index (χ2v) is 8.09. The zero-order valence-electron chi connectivity index (χ0n) is 16.0. The summed E-state index contributed by atoms with van der Waals surface area (Å²) < 4.78 is 0. The maximum absolute atomic E-state index is 12.5. The molecule has 142 valence electrons. The maximum Gasteiger partial charge on any atom is 0.335 e. The summed E-state index contributed by atoms with van der Waals surface area (Å²) in [7, 11) is 0. The fourth-order valence-corrected chi connectivity index (χ4v) is 3.46. The van der Waals surface area contributed by atoms with E-state index >= 15 is 0 Å². The van der Waals surface area contributed by atoms with Crippen molar-refractivity contribution in [2.75, 3.05) is 13.1 Å². The number of carbonyl (C=O) groups excluding carboxylic acids is 1. The Labute approximate surface area is 159 Å². The molecule has 2 heterocycles. The zero-order valence-corrected chi connectivity index (χ0v) is 16.0. The van der Waals surface area contributed by atoms with Gasteiger partial charge in [-0.2, -0.15) is 0 Å². The van der Waals surface area contributed by atoms with Crippen LogP contribution in [-0.2, 0) is 11.2 Å². The van der Waals surface area contributed by atoms with Crippen molar-refractivity contribution < 1.29 is 14.7 Å². The molecule has 0 unspecified atom stereocenters. The average Bonchev–Trinajstić information content (AvgIpc) is 3.09. The van der Waals surface area contributed by atoms with Crippen LogP contribution in [0.1, 0.15) is 43.2 Å². The van der Waals surface area contributed by atoms with Gasteiger partial charge in [0.15, 0.2) is 0 Å². The van der Waals surface area contributed by atoms with Crippen molar-refractivity contribution in [2.24, 2.45) is 11.3 Å². The van der Waals surface area contributed by atoms with Gasteiger partial charge in [-0.15, -0.1) is 0 Å². The molecule has 1 aromatic heterocycles. The number of hydrogen-bond donors (Lipinski definition) is 1. The second kappa shape index (κ2) is 7.47. The molecule has 6 nitrogen and oxygen atoms in total. The number of carboxylic acids is 1. The fourth-order valence-electron chi connectivity index (χ4n) is 3.46. The highest BCUT2D eigenvalue weighted by molar-refractivity contribution is 5.88. The maximum atomic E-state index is 12.5. The van der Waals surface area contributed by atoms with Gasteiger partial charge in [0.1, 0.15) is 0 Å². The molecule has 3 rings (SSSR count). The first kappa shape index (κ1) is 19.0. The van der Waals surface area contributed by atoms with Crippen LogP contribution in [0.5, 0.6) is 0 Å². The van der Waals surface area contributed by atoms with Crippen molar-refractivity contribution in [3.8, 4) is 11.3 Å². The third-order valence-corrected chi connectivity index (χ3v) is 4.88. The first-order chi connectivity index (χ1) is 12.8. The Morgan fingerprint density at radius 1 is 1.15 bits per heavy atom. The largest absolute Gasteiger partial charge is 0.478 e. The molecule has 1 atom stereocenters. The lowest BCUT2D eigenvalue weighted by molar-refractivity contribution is -0.138. The molecular weight excluding hydrogens is 342 g/mol. The number of rotatable bonds is 4. The molecule has 1 fully saturated rings. The standard InChI is InChI=1S/C21H25N3O3/c1-21(2,3)20(27)24-11-8-14(13-24)12-17-18(23-10-9-22-17)15-4-6-16(7-5-15)19(25)26/h4-7,9-10,14H,8,11-13H2,1-3H3,(H,25,26)/t14-/m0/s1. The minimum Gasteiger partial charge on any atom is -0.478 e. The second-order valence-electron chi connectivity index (χ2n) is 8.09. The summed E-state index contributed by atoms with van der Waals surface area (Å²) >= 11 is 0. The first-order valence-corrected chi connectivity index (χ1v) is 9.18. The van der Waals surface area contributed by atoms with E-state index in [2.05, 4.69) is 9.97 Å². The number of amides is 1. The van der Waals surface area contributed by atoms with Crippen LogP contribution >= 0.6 is 0 Å². The van der Waals surface area contributed by atoms with Gasteiger partial charge >= 0.3 is 5.97 Å². The van der Waals surface area contributed by atoms with Crippen molar-refractivity contribution >= 4 is 11.9 Å². The lowest BCUT2D eigenvalue weighted by Crippen LogP contribution is -2.38. The molecule has 0 bridgehead atoms. The summed E-state index contributed by atoms with van der Waals surface area (Å²) in [5, 5.41) is 9.06. The molecule has 1 N–H and O–H groups in total. The average molecular weight is 367 g/mol. The smallest absolute Gasteiger partial charge is 0.335 e. The van der Waals surface area contributed by atoms with Gasteiger partial charge in [-0.05, 0) is 30.9 Å². The number of aromatic nitrogens is 2. The van der Waals surface area contributed by atoms with Crippen molar-refractivity contribution in [3.63, 3.8) is 0 Å². The Hall–Kier alpha value is -2.76. The van der Waals surface area contributed by atoms with Crippen LogP contribution in [0.25, 0.3) is 11.3 Å². The van der Waals surface area contributed by atoms with E-state index in [-0.39, 0.29) is 16.9 Å². The van der Waals surface area contributed by atoms with Crippen LogP contribution in [0.2, 0.25) is 0 Å². The third kappa shape index (κ3) is 4.32. The Morgan fingerprint density at radius 2 is 1.81 bits per heavy atom. The monoisotopic (exact) mass is 367 g/mol. The van der Waals surface area contributed by atoms with Crippen molar-refractivity contribution in [2.45, 2.75) is 33.6 Å². The molecule has 1 aliphatic heterocycles. The van der Waals surface area contributed by atoms with Crippen LogP contribution in [0.4, 0.5) is 0 Å². The summed E-state index contributed by atoms with van der Waals surface area (Å²) in [6.07, 6.45) is 5.03. The Kier molecular flexibility index (Phi) is 5.26. The predicted octanol–water partition coefficient (Wildman–Crippen LogP) is 3.28. The summed E-state index contributed by atoms with van der Waals surface area (Å²) in [6.45, 7) is 7.37. The molecular formula is C21H25N3O3. The first-order valence-electron chi connectivity index (χ1n) is 9.18. The predicted molar refractivity (Wildman–Crippen MR) is 102 cm³/mol. The lowest BCUT2D eigenvalue weighted by atomic mass is 9.94. The van der Waals surface area contributed by atoms with Crippen LogP contribution in [0.3, 0.4) is 0 Å². The van der Waals surface area contributed by atoms with Gasteiger partial charge in [-0.3, -0.25) is 14.8 Å². The Morgan fingerprint density at radius 3 is 2.44 bits per heavy atom. The van der Waals surface area contributed by atoms with Crippen LogP contribution in [0.15, 0.2) is 36.7 Å². The molecule has 0 radical (unpaired) electrons. The highest BCUT2D eigenvalue weighted by Gasteiger charge is 2.33. The van der Waals surface area contributed by atoms with Gasteiger partial charge in [-0.1, -0.05) is 32.9 Å². The van der Waals surface area contributed by atoms with E-state index in [0.717, 1.165) is 42.9 Å². The molecule has 1 amide bonds. The molecule has 27 heavy (non-hydrogen) atoms. The van der Waals surface area contributed by atoms with Crippen LogP contribution < -0.4 is 0 Å². The van der Waals surface area contributed by atoms with Crippen molar-refractivity contribution in [3.05, 3.63) is 47.9 Å². The Bertz CT molecular complexity index is 840. The van der Waals surface area contributed by atoms with E-state index in [1.807, 2.05) is 25.7 Å². The highest BCUT2D eigenvalue weighted by Crippen LogP contribution is 2.28. The summed E-state index contributed by atoms with van der Waals surface area (Å²) in [5.74, 6) is -0.408. The molecule has 0 saturated carbocycles. The van der Waals surface area contributed by atoms with E-state index < -0.39 is 5.97 Å². The minimum atomic E-state index is -0.949. The lowest BCUT2D eigenvalue weighted by Gasteiger charge is -2.25. The van der Waals surface area contributed by atoms with E-state index in [1.54, 1.807) is 36.7 Å². The summed E-state index contributed by atoms with van der Waals surface area (Å²) in [6, 6.07) is 6.69. The van der Waals surface area contributed by atoms with E-state index in [1.165, 1.54) is 0 Å². The topological polar surface area (TPSA) is 83.4 Å². The van der Waals surface area contributed by atoms with E-state index in [0.29, 0.717) is 5.92 Å². The molecule has 1 saturated heterocycles. The van der Waals surface area contributed by atoms with Gasteiger partial charge in [0, 0.05) is 36.5 Å². The number of nitrogens with zero attached hydrogens (tertiary/aromatic N) is 3. The SMILES string of the molecule is CC(C)(C)C(=O)N1CC[C@@H](Cc2nccnc2-c2ccc(C(=O)O)cc2)C1. The molecule has 0 aliphatic carbocycles. The van der Waals surface area contributed by atoms with Crippen LogP contribution in [-0.4, -0.2) is 44.9 Å². The fraction of sp³-hybridized carbons (Fsp3) is 0.429. The van der Waals surface area contributed by atoms with Gasteiger partial charge in [0.2, 0.25) is 5.91 Å². The molecule has 1 aromatic carbocycles. The number of aromatic carboxylic acids is 1. The zero-order chi connectivity index (χ0) is 19.6. The number of hydrogen-bond acceptors (Lipinski definition) is 4. The number of likely N-dealkylation sites (tertiary alicyclic amines) is 1. The van der Waals surface area contributed by atoms with Gasteiger partial charge in [-0.25, -0.2) is 4.79 Å². The van der Waals surface area contributed by atoms with Crippen LogP contribution in [0, 0.1) is 11.3 Å². The number of carbonyl (C=O) groups is 2. The minimum absolute atomic E-state index is 0.189. The van der Waals surface area contributed by atoms with E-state index in [4.69, 9.17) is 5.11 Å².